The lowest BCUT2D eigenvalue weighted by Crippen LogP contribution is -2.20. The molecule has 0 heterocycles. The molecule has 1 aromatic carbocycles. The van der Waals surface area contributed by atoms with Gasteiger partial charge in [0.1, 0.15) is 6.79 Å². The molecule has 0 spiro atoms. The Kier molecular flexibility index (Phi) is 10.2. The molecule has 0 saturated heterocycles. The van der Waals surface area contributed by atoms with Gasteiger partial charge in [0.05, 0.1) is 23.4 Å². The van der Waals surface area contributed by atoms with Crippen LogP contribution in [0, 0.1) is 11.8 Å². The smallest absolute Gasteiger partial charge is 0.178 e. The molecule has 0 bridgehead atoms. The summed E-state index contributed by atoms with van der Waals surface area (Å²) in [6, 6.07) is 8.77. The zero-order chi connectivity index (χ0) is 22.0. The van der Waals surface area contributed by atoms with E-state index in [2.05, 4.69) is 13.0 Å². The van der Waals surface area contributed by atoms with Crippen LogP contribution in [0.5, 0.6) is 0 Å². The molecular weight excluding hydrogens is 400 g/mol. The number of aliphatic hydroxyl groups is 1. The zero-order valence-electron chi connectivity index (χ0n) is 18.4. The van der Waals surface area contributed by atoms with Crippen molar-refractivity contribution in [1.29, 1.82) is 0 Å². The number of benzene rings is 1. The molecule has 1 aliphatic rings. The van der Waals surface area contributed by atoms with Gasteiger partial charge in [-0.3, -0.25) is 0 Å². The topological polar surface area (TPSA) is 72.8 Å². The molecule has 3 atom stereocenters. The predicted molar refractivity (Wildman–Crippen MR) is 120 cm³/mol. The van der Waals surface area contributed by atoms with Gasteiger partial charge in [0.2, 0.25) is 0 Å². The van der Waals surface area contributed by atoms with Crippen molar-refractivity contribution in [1.82, 2.24) is 0 Å². The summed E-state index contributed by atoms with van der Waals surface area (Å²) in [5.41, 5.74) is 2.07. The molecule has 5 nitrogen and oxygen atoms in total. The highest BCUT2D eigenvalue weighted by atomic mass is 32.2. The van der Waals surface area contributed by atoms with Crippen molar-refractivity contribution >= 4 is 9.84 Å². The Bertz CT molecular complexity index is 798. The number of methoxy groups -OCH3 is 1. The fraction of sp³-hybridized carbons (Fsp3) is 0.583. The third kappa shape index (κ3) is 7.99. The average molecular weight is 437 g/mol. The van der Waals surface area contributed by atoms with E-state index < -0.39 is 9.84 Å². The molecule has 0 radical (unpaired) electrons. The lowest BCUT2D eigenvalue weighted by atomic mass is 9.93. The molecule has 1 saturated carbocycles. The molecule has 0 aliphatic heterocycles. The van der Waals surface area contributed by atoms with Crippen LogP contribution in [0.15, 0.2) is 58.5 Å². The van der Waals surface area contributed by atoms with Gasteiger partial charge in [-0.1, -0.05) is 42.3 Å². The standard InChI is InChI=1S/C24H36O5S/c1-19(14-23(29-18-28-3)15-20(2)16-25)12-13-21-8-7-9-22(21)17-30(26,27)24-10-5-4-6-11-24/h4-6,10-12,15,21-23,25H,7-9,13-14,16-18H2,1-3H3/b19-12+,20-15+/t21-,22-,23?/m1/s1. The SMILES string of the molecule is COCOC(/C=C(\C)CO)C/C(C)=C/C[C@H]1CCC[C@@H]1CS(=O)(=O)c1ccccc1. The largest absolute Gasteiger partial charge is 0.392 e. The van der Waals surface area contributed by atoms with Crippen LogP contribution < -0.4 is 0 Å². The van der Waals surface area contributed by atoms with Crippen molar-refractivity contribution in [2.75, 3.05) is 26.3 Å². The van der Waals surface area contributed by atoms with Gasteiger partial charge in [0, 0.05) is 7.11 Å². The summed E-state index contributed by atoms with van der Waals surface area (Å²) in [5, 5.41) is 9.28. The molecule has 1 unspecified atom stereocenters. The van der Waals surface area contributed by atoms with Crippen molar-refractivity contribution in [3.8, 4) is 0 Å². The van der Waals surface area contributed by atoms with Crippen molar-refractivity contribution in [3.05, 3.63) is 53.6 Å². The summed E-state index contributed by atoms with van der Waals surface area (Å²) < 4.78 is 36.3. The number of hydrogen-bond acceptors (Lipinski definition) is 5. The summed E-state index contributed by atoms with van der Waals surface area (Å²) in [6.07, 6.45) is 8.76. The van der Waals surface area contributed by atoms with E-state index >= 15 is 0 Å². The Labute approximate surface area is 181 Å². The first-order valence-corrected chi connectivity index (χ1v) is 12.3. The van der Waals surface area contributed by atoms with Gasteiger partial charge in [-0.25, -0.2) is 8.42 Å². The number of sulfone groups is 1. The first-order valence-electron chi connectivity index (χ1n) is 10.7. The van der Waals surface area contributed by atoms with Crippen LogP contribution in [-0.4, -0.2) is 45.9 Å². The minimum atomic E-state index is -3.25. The van der Waals surface area contributed by atoms with Gasteiger partial charge in [-0.05, 0) is 69.1 Å². The third-order valence-electron chi connectivity index (χ3n) is 5.76. The van der Waals surface area contributed by atoms with Crippen LogP contribution in [0.2, 0.25) is 0 Å². The van der Waals surface area contributed by atoms with E-state index in [-0.39, 0.29) is 31.2 Å². The lowest BCUT2D eigenvalue weighted by Gasteiger charge is -2.19. The van der Waals surface area contributed by atoms with Crippen molar-refractivity contribution in [2.24, 2.45) is 11.8 Å². The summed E-state index contributed by atoms with van der Waals surface area (Å²) in [5.74, 6) is 0.829. The number of rotatable bonds is 12. The van der Waals surface area contributed by atoms with E-state index in [1.807, 2.05) is 19.1 Å². The van der Waals surface area contributed by atoms with Gasteiger partial charge >= 0.3 is 0 Å². The van der Waals surface area contributed by atoms with E-state index in [0.717, 1.165) is 37.7 Å². The van der Waals surface area contributed by atoms with Gasteiger partial charge in [-0.2, -0.15) is 0 Å². The van der Waals surface area contributed by atoms with E-state index in [1.54, 1.807) is 31.4 Å². The first-order chi connectivity index (χ1) is 14.4. The second-order valence-corrected chi connectivity index (χ2v) is 10.4. The summed E-state index contributed by atoms with van der Waals surface area (Å²) >= 11 is 0. The second-order valence-electron chi connectivity index (χ2n) is 8.32. The maximum absolute atomic E-state index is 12.8. The minimum absolute atomic E-state index is 0.00917. The monoisotopic (exact) mass is 436 g/mol. The lowest BCUT2D eigenvalue weighted by molar-refractivity contribution is -0.0552. The van der Waals surface area contributed by atoms with Gasteiger partial charge < -0.3 is 14.6 Å². The van der Waals surface area contributed by atoms with Crippen molar-refractivity contribution in [2.45, 2.75) is 57.0 Å². The van der Waals surface area contributed by atoms with Gasteiger partial charge in [-0.15, -0.1) is 0 Å². The molecular formula is C24H36O5S. The molecule has 2 rings (SSSR count). The highest BCUT2D eigenvalue weighted by Crippen LogP contribution is 2.36. The van der Waals surface area contributed by atoms with E-state index in [4.69, 9.17) is 9.47 Å². The Morgan fingerprint density at radius 2 is 1.87 bits per heavy atom. The van der Waals surface area contributed by atoms with Gasteiger partial charge in [0.15, 0.2) is 9.84 Å². The molecule has 1 aliphatic carbocycles. The summed E-state index contributed by atoms with van der Waals surface area (Å²) in [7, 11) is -1.66. The van der Waals surface area contributed by atoms with Gasteiger partial charge in [0.25, 0.3) is 0 Å². The third-order valence-corrected chi connectivity index (χ3v) is 7.62. The van der Waals surface area contributed by atoms with E-state index in [1.165, 1.54) is 5.57 Å². The van der Waals surface area contributed by atoms with Crippen LogP contribution in [0.3, 0.4) is 0 Å². The first kappa shape index (κ1) is 24.8. The van der Waals surface area contributed by atoms with E-state index in [0.29, 0.717) is 10.8 Å². The Morgan fingerprint density at radius 1 is 1.17 bits per heavy atom. The average Bonchev–Trinajstić information content (AvgIpc) is 3.17. The molecule has 1 aromatic rings. The fourth-order valence-electron chi connectivity index (χ4n) is 4.09. The van der Waals surface area contributed by atoms with E-state index in [9.17, 15) is 13.5 Å². The van der Waals surface area contributed by atoms with Crippen LogP contribution in [0.1, 0.15) is 46.0 Å². The Balaban J connectivity index is 1.97. The van der Waals surface area contributed by atoms with Crippen molar-refractivity contribution in [3.63, 3.8) is 0 Å². The molecule has 0 aromatic heterocycles. The number of aliphatic hydroxyl groups excluding tert-OH is 1. The summed E-state index contributed by atoms with van der Waals surface area (Å²) in [4.78, 5) is 0.423. The second kappa shape index (κ2) is 12.4. The maximum Gasteiger partial charge on any atom is 0.178 e. The maximum atomic E-state index is 12.8. The predicted octanol–water partition coefficient (Wildman–Crippen LogP) is 4.53. The highest BCUT2D eigenvalue weighted by molar-refractivity contribution is 7.91. The highest BCUT2D eigenvalue weighted by Gasteiger charge is 2.31. The molecule has 168 valence electrons. The molecule has 1 fully saturated rings. The van der Waals surface area contributed by atoms with Crippen LogP contribution in [0.4, 0.5) is 0 Å². The summed E-state index contributed by atoms with van der Waals surface area (Å²) in [6.45, 7) is 4.17. The van der Waals surface area contributed by atoms with Crippen LogP contribution in [0.25, 0.3) is 0 Å². The van der Waals surface area contributed by atoms with Crippen molar-refractivity contribution < 1.29 is 23.0 Å². The van der Waals surface area contributed by atoms with Crippen LogP contribution >= 0.6 is 0 Å². The number of allylic oxidation sites excluding steroid dienone is 1. The van der Waals surface area contributed by atoms with Crippen LogP contribution in [-0.2, 0) is 19.3 Å². The number of hydrogen-bond donors (Lipinski definition) is 1. The zero-order valence-corrected chi connectivity index (χ0v) is 19.2. The quantitative estimate of drug-likeness (QED) is 0.385. The fourth-order valence-corrected chi connectivity index (χ4v) is 5.86. The molecule has 0 amide bonds. The molecule has 30 heavy (non-hydrogen) atoms. The Morgan fingerprint density at radius 3 is 2.53 bits per heavy atom. The molecule has 1 N–H and O–H groups in total. The minimum Gasteiger partial charge on any atom is -0.392 e. The normalized spacial score (nSPS) is 21.7. The number of ether oxygens (including phenoxy) is 2. The molecule has 6 heteroatoms. The Hall–Kier alpha value is -1.47.